The van der Waals surface area contributed by atoms with E-state index in [1.54, 1.807) is 24.9 Å². The van der Waals surface area contributed by atoms with Crippen LogP contribution in [-0.2, 0) is 4.79 Å². The van der Waals surface area contributed by atoms with Crippen molar-refractivity contribution in [3.63, 3.8) is 0 Å². The van der Waals surface area contributed by atoms with E-state index in [2.05, 4.69) is 25.8 Å². The van der Waals surface area contributed by atoms with Crippen molar-refractivity contribution in [2.45, 2.75) is 41.5 Å². The van der Waals surface area contributed by atoms with Crippen LogP contribution in [0.15, 0.2) is 5.57 Å². The maximum Gasteiger partial charge on any atom is 0.331 e. The molecule has 0 fully saturated rings. The van der Waals surface area contributed by atoms with Crippen LogP contribution in [0.25, 0.3) is 11.0 Å². The van der Waals surface area contributed by atoms with Gasteiger partial charge in [0.1, 0.15) is 4.88 Å². The summed E-state index contributed by atoms with van der Waals surface area (Å²) in [4.78, 5) is 31.5. The van der Waals surface area contributed by atoms with Crippen LogP contribution in [0.5, 0.6) is 0 Å². The van der Waals surface area contributed by atoms with Gasteiger partial charge in [0.25, 0.3) is 5.91 Å². The molecule has 0 aromatic carbocycles. The first-order valence-electron chi connectivity index (χ1n) is 8.08. The summed E-state index contributed by atoms with van der Waals surface area (Å²) in [6, 6.07) is 0. The van der Waals surface area contributed by atoms with Crippen molar-refractivity contribution in [3.8, 4) is 0 Å². The number of carboxylic acids is 1. The number of carbonyl (C=O) groups is 2. The second-order valence-corrected chi connectivity index (χ2v) is 8.55. The number of carboxylic acid groups (broad SMARTS) is 1. The first-order chi connectivity index (χ1) is 11.4. The Balaban J connectivity index is 2.51. The van der Waals surface area contributed by atoms with Crippen molar-refractivity contribution >= 4 is 34.3 Å². The number of hydrogen-bond donors (Lipinski definition) is 1. The molecule has 136 valence electrons. The molecule has 0 aliphatic rings. The fraction of sp³-hybridized carbons (Fsp3) is 0.500. The summed E-state index contributed by atoms with van der Waals surface area (Å²) in [7, 11) is 1.80. The van der Waals surface area contributed by atoms with E-state index in [0.717, 1.165) is 11.4 Å². The van der Waals surface area contributed by atoms with Crippen LogP contribution in [0.1, 0.15) is 54.4 Å². The molecule has 0 saturated carbocycles. The molecule has 0 radical (unpaired) electrons. The molecule has 6 nitrogen and oxygen atoms in total. The fourth-order valence-corrected chi connectivity index (χ4v) is 3.94. The molecule has 7 heteroatoms. The highest BCUT2D eigenvalue weighted by atomic mass is 32.1. The third-order valence-electron chi connectivity index (χ3n) is 3.87. The lowest BCUT2D eigenvalue weighted by atomic mass is 9.96. The highest BCUT2D eigenvalue weighted by molar-refractivity contribution is 7.19. The lowest BCUT2D eigenvalue weighted by Crippen LogP contribution is -2.34. The predicted octanol–water partition coefficient (Wildman–Crippen LogP) is 3.62. The summed E-state index contributed by atoms with van der Waals surface area (Å²) in [6.45, 7) is 12.2. The summed E-state index contributed by atoms with van der Waals surface area (Å²) in [5, 5.41) is 9.13. The van der Waals surface area contributed by atoms with Gasteiger partial charge in [-0.1, -0.05) is 32.1 Å². The summed E-state index contributed by atoms with van der Waals surface area (Å²) in [6.07, 6.45) is 1.60. The zero-order valence-corrected chi connectivity index (χ0v) is 16.6. The number of aromatic nitrogens is 2. The molecular formula is C18H25N3O3S. The van der Waals surface area contributed by atoms with Crippen LogP contribution in [0, 0.1) is 19.3 Å². The molecular weight excluding hydrogens is 338 g/mol. The summed E-state index contributed by atoms with van der Waals surface area (Å²) in [5.74, 6) is -1.01. The zero-order chi connectivity index (χ0) is 19.1. The van der Waals surface area contributed by atoms with Gasteiger partial charge in [-0.15, -0.1) is 0 Å². The van der Waals surface area contributed by atoms with E-state index in [9.17, 15) is 9.59 Å². The molecule has 2 aromatic heterocycles. The molecule has 0 aliphatic heterocycles. The Hall–Kier alpha value is -2.15. The van der Waals surface area contributed by atoms with Crippen molar-refractivity contribution in [2.75, 3.05) is 13.6 Å². The van der Waals surface area contributed by atoms with Crippen LogP contribution in [0.3, 0.4) is 0 Å². The lowest BCUT2D eigenvalue weighted by molar-refractivity contribution is -0.132. The van der Waals surface area contributed by atoms with Crippen molar-refractivity contribution in [1.82, 2.24) is 14.3 Å². The molecule has 0 saturated heterocycles. The van der Waals surface area contributed by atoms with Crippen molar-refractivity contribution < 1.29 is 14.7 Å². The van der Waals surface area contributed by atoms with Crippen LogP contribution in [0.2, 0.25) is 0 Å². The number of amides is 1. The Morgan fingerprint density at radius 2 is 1.92 bits per heavy atom. The first kappa shape index (κ1) is 19.2. The lowest BCUT2D eigenvalue weighted by Gasteiger charge is -2.26. The Labute approximate surface area is 151 Å². The van der Waals surface area contributed by atoms with E-state index in [-0.39, 0.29) is 16.9 Å². The van der Waals surface area contributed by atoms with E-state index in [4.69, 9.17) is 5.11 Å². The predicted molar refractivity (Wildman–Crippen MR) is 100 cm³/mol. The van der Waals surface area contributed by atoms with Crippen LogP contribution in [0.4, 0.5) is 0 Å². The highest BCUT2D eigenvalue weighted by Gasteiger charge is 2.25. The fourth-order valence-electron chi connectivity index (χ4n) is 2.77. The van der Waals surface area contributed by atoms with Gasteiger partial charge in [0, 0.05) is 24.9 Å². The minimum Gasteiger partial charge on any atom is -0.478 e. The zero-order valence-electron chi connectivity index (χ0n) is 15.8. The maximum absolute atomic E-state index is 12.8. The van der Waals surface area contributed by atoms with Crippen molar-refractivity contribution in [1.29, 1.82) is 0 Å². The minimum atomic E-state index is -0.969. The summed E-state index contributed by atoms with van der Waals surface area (Å²) in [5.41, 5.74) is 2.49. The topological polar surface area (TPSA) is 74.9 Å². The second-order valence-electron chi connectivity index (χ2n) is 7.57. The SMILES string of the molecule is C/C(=C\c1c(C)nc2sc(C(=O)N(C)CC(C)(C)C)c(C)n12)C(=O)O. The molecule has 1 amide bonds. The molecule has 2 rings (SSSR count). The quantitative estimate of drug-likeness (QED) is 0.842. The number of hydrogen-bond acceptors (Lipinski definition) is 4. The molecule has 0 spiro atoms. The van der Waals surface area contributed by atoms with E-state index >= 15 is 0 Å². The summed E-state index contributed by atoms with van der Waals surface area (Å²) >= 11 is 1.34. The van der Waals surface area contributed by atoms with Gasteiger partial charge in [-0.25, -0.2) is 9.78 Å². The summed E-state index contributed by atoms with van der Waals surface area (Å²) < 4.78 is 1.87. The molecule has 0 atom stereocenters. The Morgan fingerprint density at radius 1 is 1.32 bits per heavy atom. The maximum atomic E-state index is 12.8. The average Bonchev–Trinajstić information content (AvgIpc) is 2.93. The van der Waals surface area contributed by atoms with E-state index < -0.39 is 5.97 Å². The van der Waals surface area contributed by atoms with E-state index in [1.807, 2.05) is 18.2 Å². The van der Waals surface area contributed by atoms with E-state index in [1.165, 1.54) is 11.3 Å². The third kappa shape index (κ3) is 3.92. The molecule has 1 N–H and O–H groups in total. The number of nitrogens with zero attached hydrogens (tertiary/aromatic N) is 3. The Kier molecular flexibility index (Phi) is 5.09. The molecule has 2 aromatic rings. The Bertz CT molecular complexity index is 868. The van der Waals surface area contributed by atoms with Crippen molar-refractivity contribution in [3.05, 3.63) is 27.5 Å². The Morgan fingerprint density at radius 3 is 2.44 bits per heavy atom. The number of thiazole rings is 1. The monoisotopic (exact) mass is 363 g/mol. The van der Waals surface area contributed by atoms with Gasteiger partial charge in [-0.3, -0.25) is 9.20 Å². The normalized spacial score (nSPS) is 12.7. The van der Waals surface area contributed by atoms with Gasteiger partial charge in [0.05, 0.1) is 11.4 Å². The average molecular weight is 363 g/mol. The number of imidazole rings is 1. The highest BCUT2D eigenvalue weighted by Crippen LogP contribution is 2.28. The molecule has 25 heavy (non-hydrogen) atoms. The first-order valence-corrected chi connectivity index (χ1v) is 8.89. The molecule has 2 heterocycles. The number of fused-ring (bicyclic) bond motifs is 1. The smallest absolute Gasteiger partial charge is 0.331 e. The van der Waals surface area contributed by atoms with Crippen LogP contribution < -0.4 is 0 Å². The molecule has 0 bridgehead atoms. The van der Waals surface area contributed by atoms with Crippen molar-refractivity contribution in [2.24, 2.45) is 5.41 Å². The minimum absolute atomic E-state index is 0.0127. The third-order valence-corrected chi connectivity index (χ3v) is 5.00. The number of carbonyl (C=O) groups excluding carboxylic acids is 1. The van der Waals surface area contributed by atoms with Gasteiger partial charge in [0.15, 0.2) is 4.96 Å². The van der Waals surface area contributed by atoms with Gasteiger partial charge < -0.3 is 10.0 Å². The number of rotatable bonds is 4. The van der Waals surface area contributed by atoms with Gasteiger partial charge in [0.2, 0.25) is 0 Å². The largest absolute Gasteiger partial charge is 0.478 e. The second kappa shape index (κ2) is 6.63. The number of aliphatic carboxylic acids is 1. The number of aryl methyl sites for hydroxylation is 2. The van der Waals surface area contributed by atoms with Crippen LogP contribution >= 0.6 is 11.3 Å². The van der Waals surface area contributed by atoms with Crippen LogP contribution in [-0.4, -0.2) is 44.9 Å². The molecule has 0 aliphatic carbocycles. The van der Waals surface area contributed by atoms with Gasteiger partial charge in [-0.2, -0.15) is 0 Å². The molecule has 0 unspecified atom stereocenters. The van der Waals surface area contributed by atoms with Gasteiger partial charge in [-0.05, 0) is 32.3 Å². The van der Waals surface area contributed by atoms with Gasteiger partial charge >= 0.3 is 5.97 Å². The van der Waals surface area contributed by atoms with E-state index in [0.29, 0.717) is 22.1 Å². The standard InChI is InChI=1S/C18H25N3O3S/c1-10(16(23)24)8-13-11(2)19-17-21(13)12(3)14(25-17)15(22)20(7)9-18(4,5)6/h8H,9H2,1-7H3,(H,23,24)/b10-8+.